The first kappa shape index (κ1) is 30.1. The lowest BCUT2D eigenvalue weighted by Gasteiger charge is -2.19. The van der Waals surface area contributed by atoms with Crippen molar-refractivity contribution in [2.45, 2.75) is 135 Å². The third kappa shape index (κ3) is 21.3. The number of esters is 1. The predicted octanol–water partition coefficient (Wildman–Crippen LogP) is 5.34. The van der Waals surface area contributed by atoms with Crippen molar-refractivity contribution in [3.63, 3.8) is 0 Å². The molecule has 7 nitrogen and oxygen atoms in total. The number of hydrogen-bond acceptors (Lipinski definition) is 5. The number of ether oxygens (including phenoxy) is 1. The second-order valence-corrected chi connectivity index (χ2v) is 9.57. The molecular weight excluding hydrogens is 410 g/mol. The summed E-state index contributed by atoms with van der Waals surface area (Å²) in [7, 11) is 0. The number of aldehydes is 1. The number of unbranched alkanes of at least 4 members (excludes halogenated alkanes) is 11. The average Bonchev–Trinajstić information content (AvgIpc) is 2.69. The van der Waals surface area contributed by atoms with Crippen molar-refractivity contribution < 1.29 is 29.0 Å². The lowest BCUT2D eigenvalue weighted by Crippen LogP contribution is -2.36. The Morgan fingerprint density at radius 2 is 1.22 bits per heavy atom. The van der Waals surface area contributed by atoms with Gasteiger partial charge >= 0.3 is 11.9 Å². The Bertz CT molecular complexity index is 541. The first-order valence-corrected chi connectivity index (χ1v) is 12.3. The van der Waals surface area contributed by atoms with Crippen LogP contribution in [-0.2, 0) is 23.9 Å². The molecule has 0 bridgehead atoms. The number of carbonyl (C=O) groups excluding carboxylic acids is 3. The molecule has 32 heavy (non-hydrogen) atoms. The molecule has 0 aromatic heterocycles. The zero-order valence-electron chi connectivity index (χ0n) is 20.5. The molecule has 0 spiro atoms. The summed E-state index contributed by atoms with van der Waals surface area (Å²) < 4.78 is 5.30. The van der Waals surface area contributed by atoms with Crippen LogP contribution in [-0.4, -0.2) is 40.9 Å². The molecule has 0 aromatic rings. The number of aliphatic carboxylic acids is 1. The quantitative estimate of drug-likeness (QED) is 0.146. The fourth-order valence-corrected chi connectivity index (χ4v) is 3.45. The van der Waals surface area contributed by atoms with Crippen molar-refractivity contribution in [1.82, 2.24) is 5.32 Å². The molecule has 0 rings (SSSR count). The Labute approximate surface area is 194 Å². The van der Waals surface area contributed by atoms with Gasteiger partial charge in [-0.15, -0.1) is 0 Å². The number of carboxylic acids is 1. The number of carboxylic acid groups (broad SMARTS) is 1. The molecule has 0 saturated carbocycles. The van der Waals surface area contributed by atoms with Crippen LogP contribution in [0.3, 0.4) is 0 Å². The summed E-state index contributed by atoms with van der Waals surface area (Å²) in [6.45, 7) is 5.68. The number of carbonyl (C=O) groups is 4. The Morgan fingerprint density at radius 3 is 1.62 bits per heavy atom. The summed E-state index contributed by atoms with van der Waals surface area (Å²) in [4.78, 5) is 44.8. The summed E-state index contributed by atoms with van der Waals surface area (Å²) >= 11 is 0. The van der Waals surface area contributed by atoms with E-state index in [1.807, 2.05) is 20.8 Å². The molecule has 186 valence electrons. The van der Waals surface area contributed by atoms with E-state index < -0.39 is 17.6 Å². The van der Waals surface area contributed by atoms with Crippen molar-refractivity contribution in [2.24, 2.45) is 0 Å². The molecule has 7 heteroatoms. The fraction of sp³-hybridized carbons (Fsp3) is 0.840. The first-order valence-electron chi connectivity index (χ1n) is 12.3. The lowest BCUT2D eigenvalue weighted by molar-refractivity contribution is -0.155. The summed E-state index contributed by atoms with van der Waals surface area (Å²) in [5.41, 5.74) is -0.392. The highest BCUT2D eigenvalue weighted by atomic mass is 16.6. The molecule has 0 saturated heterocycles. The highest BCUT2D eigenvalue weighted by molar-refractivity contribution is 5.79. The summed E-state index contributed by atoms with van der Waals surface area (Å²) in [6.07, 6.45) is 14.9. The van der Waals surface area contributed by atoms with Crippen molar-refractivity contribution in [3.8, 4) is 0 Å². The van der Waals surface area contributed by atoms with Crippen LogP contribution in [0.1, 0.15) is 124 Å². The molecule has 0 aliphatic heterocycles. The molecule has 1 amide bonds. The molecule has 0 radical (unpaired) electrons. The Morgan fingerprint density at radius 1 is 0.781 bits per heavy atom. The predicted molar refractivity (Wildman–Crippen MR) is 125 cm³/mol. The lowest BCUT2D eigenvalue weighted by atomic mass is 10.0. The van der Waals surface area contributed by atoms with Crippen LogP contribution in [0.4, 0.5) is 0 Å². The van der Waals surface area contributed by atoms with Gasteiger partial charge in [-0.25, -0.2) is 0 Å². The molecule has 0 fully saturated rings. The van der Waals surface area contributed by atoms with E-state index in [9.17, 15) is 19.2 Å². The standard InChI is InChI=1S/C25H45NO6/c1-25(2,3)32-24(31)17-15-13-11-9-7-5-4-6-8-10-12-14-16-22(28)26-21(20-27)18-19-23(29)30/h20-21H,4-19H2,1-3H3,(H,26,28)(H,29,30). The minimum absolute atomic E-state index is 0.0981. The molecule has 0 aliphatic carbocycles. The van der Waals surface area contributed by atoms with Crippen molar-refractivity contribution in [1.29, 1.82) is 0 Å². The topological polar surface area (TPSA) is 110 Å². The van der Waals surface area contributed by atoms with Gasteiger partial charge in [0.1, 0.15) is 11.9 Å². The van der Waals surface area contributed by atoms with Gasteiger partial charge in [-0.1, -0.05) is 64.2 Å². The maximum Gasteiger partial charge on any atom is 0.306 e. The number of rotatable bonds is 20. The van der Waals surface area contributed by atoms with E-state index in [4.69, 9.17) is 9.84 Å². The van der Waals surface area contributed by atoms with Gasteiger partial charge in [-0.2, -0.15) is 0 Å². The molecule has 1 atom stereocenters. The van der Waals surface area contributed by atoms with E-state index >= 15 is 0 Å². The zero-order valence-corrected chi connectivity index (χ0v) is 20.5. The average molecular weight is 456 g/mol. The van der Waals surface area contributed by atoms with Crippen LogP contribution in [0.2, 0.25) is 0 Å². The van der Waals surface area contributed by atoms with Crippen molar-refractivity contribution in [2.75, 3.05) is 0 Å². The van der Waals surface area contributed by atoms with Gasteiger partial charge in [0, 0.05) is 19.3 Å². The van der Waals surface area contributed by atoms with Gasteiger partial charge in [-0.3, -0.25) is 14.4 Å². The van der Waals surface area contributed by atoms with Gasteiger partial charge in [0.2, 0.25) is 5.91 Å². The van der Waals surface area contributed by atoms with Gasteiger partial charge in [-0.05, 0) is 40.0 Å². The maximum absolute atomic E-state index is 11.8. The highest BCUT2D eigenvalue weighted by Gasteiger charge is 2.15. The monoisotopic (exact) mass is 455 g/mol. The smallest absolute Gasteiger partial charge is 0.306 e. The molecule has 0 aliphatic rings. The maximum atomic E-state index is 11.8. The normalized spacial score (nSPS) is 12.2. The fourth-order valence-electron chi connectivity index (χ4n) is 3.45. The Kier molecular flexibility index (Phi) is 17.5. The number of hydrogen-bond donors (Lipinski definition) is 2. The molecule has 1 unspecified atom stereocenters. The van der Waals surface area contributed by atoms with Crippen LogP contribution >= 0.6 is 0 Å². The molecule has 2 N–H and O–H groups in total. The highest BCUT2D eigenvalue weighted by Crippen LogP contribution is 2.14. The molecule has 0 aromatic carbocycles. The van der Waals surface area contributed by atoms with E-state index in [2.05, 4.69) is 5.32 Å². The van der Waals surface area contributed by atoms with Crippen LogP contribution in [0.25, 0.3) is 0 Å². The second kappa shape index (κ2) is 18.6. The van der Waals surface area contributed by atoms with Crippen LogP contribution in [0.15, 0.2) is 0 Å². The summed E-state index contributed by atoms with van der Waals surface area (Å²) in [5, 5.41) is 11.2. The minimum atomic E-state index is -0.971. The number of amides is 1. The van der Waals surface area contributed by atoms with Gasteiger partial charge < -0.3 is 20.0 Å². The second-order valence-electron chi connectivity index (χ2n) is 9.57. The first-order chi connectivity index (χ1) is 15.1. The van der Waals surface area contributed by atoms with Crippen molar-refractivity contribution in [3.05, 3.63) is 0 Å². The molecular formula is C25H45NO6. The van der Waals surface area contributed by atoms with E-state index in [0.717, 1.165) is 32.1 Å². The third-order valence-electron chi connectivity index (χ3n) is 5.13. The van der Waals surface area contributed by atoms with E-state index in [0.29, 0.717) is 19.1 Å². The van der Waals surface area contributed by atoms with Crippen LogP contribution in [0, 0.1) is 0 Å². The minimum Gasteiger partial charge on any atom is -0.481 e. The van der Waals surface area contributed by atoms with E-state index in [1.54, 1.807) is 0 Å². The Hall–Kier alpha value is -1.92. The summed E-state index contributed by atoms with van der Waals surface area (Å²) in [6, 6.07) is -0.705. The summed E-state index contributed by atoms with van der Waals surface area (Å²) in [5.74, 6) is -1.25. The zero-order chi connectivity index (χ0) is 24.2. The van der Waals surface area contributed by atoms with E-state index in [1.165, 1.54) is 44.9 Å². The van der Waals surface area contributed by atoms with Gasteiger partial charge in [0.25, 0.3) is 0 Å². The van der Waals surface area contributed by atoms with Crippen molar-refractivity contribution >= 4 is 24.1 Å². The van der Waals surface area contributed by atoms with Crippen LogP contribution < -0.4 is 5.32 Å². The third-order valence-corrected chi connectivity index (χ3v) is 5.13. The largest absolute Gasteiger partial charge is 0.481 e. The van der Waals surface area contributed by atoms with E-state index in [-0.39, 0.29) is 24.7 Å². The SMILES string of the molecule is CC(C)(C)OC(=O)CCCCCCCCCCCCCCC(=O)NC(C=O)CCC(=O)O. The molecule has 0 heterocycles. The van der Waals surface area contributed by atoms with Gasteiger partial charge in [0.15, 0.2) is 0 Å². The van der Waals surface area contributed by atoms with Gasteiger partial charge in [0.05, 0.1) is 6.04 Å². The number of nitrogens with one attached hydrogen (secondary N) is 1. The Balaban J connectivity index is 3.42. The van der Waals surface area contributed by atoms with Crippen LogP contribution in [0.5, 0.6) is 0 Å².